The minimum atomic E-state index is 0.927. The maximum Gasteiger partial charge on any atom is 0.151 e. The van der Waals surface area contributed by atoms with Crippen molar-refractivity contribution in [1.29, 1.82) is 0 Å². The molecule has 0 aromatic carbocycles. The summed E-state index contributed by atoms with van der Waals surface area (Å²) < 4.78 is 2.99. The van der Waals surface area contributed by atoms with Crippen LogP contribution in [0.1, 0.15) is 58.1 Å². The minimum Gasteiger partial charge on any atom is -0.248 e. The lowest BCUT2D eigenvalue weighted by atomic mass is 10.2. The zero-order valence-corrected chi connectivity index (χ0v) is 12.0. The van der Waals surface area contributed by atoms with Crippen molar-refractivity contribution in [3.63, 3.8) is 0 Å². The summed E-state index contributed by atoms with van der Waals surface area (Å²) in [6.07, 6.45) is 8.61. The van der Waals surface area contributed by atoms with Gasteiger partial charge >= 0.3 is 0 Å². The van der Waals surface area contributed by atoms with E-state index in [9.17, 15) is 0 Å². The van der Waals surface area contributed by atoms with Crippen LogP contribution in [0.25, 0.3) is 0 Å². The number of hydrogen-bond donors (Lipinski definition) is 0. The van der Waals surface area contributed by atoms with Gasteiger partial charge in [0.15, 0.2) is 4.60 Å². The number of rotatable bonds is 8. The topological polar surface area (TPSA) is 30.7 Å². The molecule has 0 unspecified atom stereocenters. The van der Waals surface area contributed by atoms with Crippen LogP contribution >= 0.6 is 15.9 Å². The largest absolute Gasteiger partial charge is 0.248 e. The fourth-order valence-electron chi connectivity index (χ4n) is 1.76. The quantitative estimate of drug-likeness (QED) is 0.678. The highest BCUT2D eigenvalue weighted by atomic mass is 79.9. The summed E-state index contributed by atoms with van der Waals surface area (Å²) in [5, 5.41) is 8.28. The number of halogens is 1. The Bertz CT molecular complexity index is 296. The molecule has 1 aromatic rings. The molecule has 0 saturated carbocycles. The second kappa shape index (κ2) is 7.82. The summed E-state index contributed by atoms with van der Waals surface area (Å²) in [5.74, 6) is 0. The molecule has 4 heteroatoms. The molecule has 0 N–H and O–H groups in total. The van der Waals surface area contributed by atoms with Gasteiger partial charge in [0.05, 0.1) is 5.69 Å². The van der Waals surface area contributed by atoms with Gasteiger partial charge in [-0.05, 0) is 35.2 Å². The molecule has 0 aliphatic rings. The van der Waals surface area contributed by atoms with Crippen LogP contribution < -0.4 is 0 Å². The average molecular weight is 288 g/mol. The molecule has 0 amide bonds. The zero-order chi connectivity index (χ0) is 11.8. The van der Waals surface area contributed by atoms with Crippen molar-refractivity contribution in [2.45, 2.75) is 65.3 Å². The Kier molecular flexibility index (Phi) is 6.69. The van der Waals surface area contributed by atoms with Crippen LogP contribution in [0.3, 0.4) is 0 Å². The predicted molar refractivity (Wildman–Crippen MR) is 70.5 cm³/mol. The third-order valence-electron chi connectivity index (χ3n) is 2.78. The first kappa shape index (κ1) is 13.7. The third-order valence-corrected chi connectivity index (χ3v) is 3.40. The van der Waals surface area contributed by atoms with Crippen molar-refractivity contribution in [1.82, 2.24) is 15.0 Å². The standard InChI is InChI=1S/C12H22BrN3/c1-3-5-7-8-10-16-11(9-6-4-2)12(13)14-15-16/h3-10H2,1-2H3. The Morgan fingerprint density at radius 2 is 1.81 bits per heavy atom. The molecule has 0 radical (unpaired) electrons. The first-order chi connectivity index (χ1) is 7.79. The lowest BCUT2D eigenvalue weighted by Gasteiger charge is -2.05. The Morgan fingerprint density at radius 1 is 1.06 bits per heavy atom. The van der Waals surface area contributed by atoms with E-state index in [0.29, 0.717) is 0 Å². The fourth-order valence-corrected chi connectivity index (χ4v) is 2.23. The second-order valence-electron chi connectivity index (χ2n) is 4.21. The molecule has 0 bridgehead atoms. The number of aromatic nitrogens is 3. The van der Waals surface area contributed by atoms with Crippen molar-refractivity contribution >= 4 is 15.9 Å². The second-order valence-corrected chi connectivity index (χ2v) is 4.97. The van der Waals surface area contributed by atoms with E-state index in [1.54, 1.807) is 0 Å². The summed E-state index contributed by atoms with van der Waals surface area (Å²) in [7, 11) is 0. The molecule has 3 nitrogen and oxygen atoms in total. The summed E-state index contributed by atoms with van der Waals surface area (Å²) in [6.45, 7) is 5.46. The molecule has 0 saturated heterocycles. The van der Waals surface area contributed by atoms with Crippen molar-refractivity contribution in [3.05, 3.63) is 10.3 Å². The molecule has 0 aliphatic carbocycles. The highest BCUT2D eigenvalue weighted by Gasteiger charge is 2.09. The molecule has 92 valence electrons. The van der Waals surface area contributed by atoms with Gasteiger partial charge in [-0.15, -0.1) is 5.10 Å². The smallest absolute Gasteiger partial charge is 0.151 e. The van der Waals surface area contributed by atoms with Crippen molar-refractivity contribution in [3.8, 4) is 0 Å². The zero-order valence-electron chi connectivity index (χ0n) is 10.4. The SMILES string of the molecule is CCCCCCn1nnc(Br)c1CCCC. The van der Waals surface area contributed by atoms with Crippen LogP contribution in [0.15, 0.2) is 4.60 Å². The molecular formula is C12H22BrN3. The number of unbranched alkanes of at least 4 members (excludes halogenated alkanes) is 4. The van der Waals surface area contributed by atoms with Gasteiger partial charge in [-0.25, -0.2) is 4.68 Å². The lowest BCUT2D eigenvalue weighted by Crippen LogP contribution is -2.05. The predicted octanol–water partition coefficient (Wildman–Crippen LogP) is 3.96. The molecule has 0 aliphatic heterocycles. The van der Waals surface area contributed by atoms with E-state index in [1.165, 1.54) is 44.2 Å². The minimum absolute atomic E-state index is 0.927. The van der Waals surface area contributed by atoms with Gasteiger partial charge in [0, 0.05) is 6.54 Å². The van der Waals surface area contributed by atoms with E-state index in [0.717, 1.165) is 17.6 Å². The van der Waals surface area contributed by atoms with Gasteiger partial charge in [0.25, 0.3) is 0 Å². The van der Waals surface area contributed by atoms with E-state index < -0.39 is 0 Å². The first-order valence-corrected chi connectivity index (χ1v) is 7.16. The van der Waals surface area contributed by atoms with Crippen LogP contribution in [0, 0.1) is 0 Å². The van der Waals surface area contributed by atoms with Gasteiger partial charge in [-0.1, -0.05) is 44.7 Å². The summed E-state index contributed by atoms with van der Waals surface area (Å²) in [6, 6.07) is 0. The van der Waals surface area contributed by atoms with Crippen molar-refractivity contribution in [2.75, 3.05) is 0 Å². The van der Waals surface area contributed by atoms with Gasteiger partial charge < -0.3 is 0 Å². The van der Waals surface area contributed by atoms with E-state index in [1.807, 2.05) is 0 Å². The molecule has 0 fully saturated rings. The van der Waals surface area contributed by atoms with Crippen LogP contribution in [-0.2, 0) is 13.0 Å². The lowest BCUT2D eigenvalue weighted by molar-refractivity contribution is 0.508. The first-order valence-electron chi connectivity index (χ1n) is 6.37. The number of hydrogen-bond acceptors (Lipinski definition) is 2. The van der Waals surface area contributed by atoms with E-state index in [2.05, 4.69) is 44.8 Å². The maximum absolute atomic E-state index is 4.19. The molecule has 1 heterocycles. The molecule has 1 aromatic heterocycles. The Hall–Kier alpha value is -0.380. The van der Waals surface area contributed by atoms with Crippen LogP contribution in [0.2, 0.25) is 0 Å². The van der Waals surface area contributed by atoms with Gasteiger partial charge in [0.2, 0.25) is 0 Å². The Morgan fingerprint density at radius 3 is 2.50 bits per heavy atom. The van der Waals surface area contributed by atoms with Crippen LogP contribution in [-0.4, -0.2) is 15.0 Å². The normalized spacial score (nSPS) is 10.9. The highest BCUT2D eigenvalue weighted by Crippen LogP contribution is 2.16. The van der Waals surface area contributed by atoms with Gasteiger partial charge in [0.1, 0.15) is 0 Å². The van der Waals surface area contributed by atoms with Gasteiger partial charge in [-0.3, -0.25) is 0 Å². The van der Waals surface area contributed by atoms with Crippen LogP contribution in [0.5, 0.6) is 0 Å². The van der Waals surface area contributed by atoms with Crippen LogP contribution in [0.4, 0.5) is 0 Å². The average Bonchev–Trinajstić information content (AvgIpc) is 2.63. The monoisotopic (exact) mass is 287 g/mol. The number of nitrogens with zero attached hydrogens (tertiary/aromatic N) is 3. The van der Waals surface area contributed by atoms with Crippen molar-refractivity contribution in [2.24, 2.45) is 0 Å². The molecular weight excluding hydrogens is 266 g/mol. The number of aryl methyl sites for hydroxylation is 1. The molecule has 16 heavy (non-hydrogen) atoms. The fraction of sp³-hybridized carbons (Fsp3) is 0.833. The van der Waals surface area contributed by atoms with E-state index >= 15 is 0 Å². The Labute approximate surface area is 107 Å². The molecule has 0 atom stereocenters. The summed E-state index contributed by atoms with van der Waals surface area (Å²) >= 11 is 3.48. The van der Waals surface area contributed by atoms with E-state index in [-0.39, 0.29) is 0 Å². The van der Waals surface area contributed by atoms with Crippen molar-refractivity contribution < 1.29 is 0 Å². The summed E-state index contributed by atoms with van der Waals surface area (Å²) in [5.41, 5.74) is 1.26. The maximum atomic E-state index is 4.19. The third kappa shape index (κ3) is 4.24. The molecule has 0 spiro atoms. The highest BCUT2D eigenvalue weighted by molar-refractivity contribution is 9.10. The Balaban J connectivity index is 2.44. The van der Waals surface area contributed by atoms with E-state index in [4.69, 9.17) is 0 Å². The molecule has 1 rings (SSSR count). The van der Waals surface area contributed by atoms with Gasteiger partial charge in [-0.2, -0.15) is 0 Å². The summed E-state index contributed by atoms with van der Waals surface area (Å²) in [4.78, 5) is 0.